The van der Waals surface area contributed by atoms with E-state index in [0.29, 0.717) is 16.6 Å². The molecule has 6 heteroatoms. The minimum atomic E-state index is -0.345. The molecule has 3 aromatic rings. The van der Waals surface area contributed by atoms with E-state index < -0.39 is 0 Å². The number of halogens is 2. The van der Waals surface area contributed by atoms with Crippen LogP contribution in [-0.2, 0) is 6.54 Å². The van der Waals surface area contributed by atoms with E-state index >= 15 is 0 Å². The number of nitro groups is 1. The van der Waals surface area contributed by atoms with E-state index in [9.17, 15) is 10.1 Å². The summed E-state index contributed by atoms with van der Waals surface area (Å²) < 4.78 is 3.74. The van der Waals surface area contributed by atoms with Crippen molar-refractivity contribution in [2.75, 3.05) is 0 Å². The highest BCUT2D eigenvalue weighted by Crippen LogP contribution is 2.27. The Labute approximate surface area is 137 Å². The third kappa shape index (κ3) is 2.87. The lowest BCUT2D eigenvalue weighted by Gasteiger charge is -2.07. The zero-order valence-electron chi connectivity index (χ0n) is 10.8. The van der Waals surface area contributed by atoms with Crippen molar-refractivity contribution >= 4 is 48.5 Å². The minimum Gasteiger partial charge on any atom is -0.343 e. The van der Waals surface area contributed by atoms with Gasteiger partial charge >= 0.3 is 0 Å². The van der Waals surface area contributed by atoms with Gasteiger partial charge in [-0.05, 0) is 36.4 Å². The normalized spacial score (nSPS) is 11.0. The zero-order valence-corrected chi connectivity index (χ0v) is 14.0. The van der Waals surface area contributed by atoms with Crippen molar-refractivity contribution in [2.45, 2.75) is 6.54 Å². The molecule has 0 atom stereocenters. The van der Waals surface area contributed by atoms with Gasteiger partial charge in [0.2, 0.25) is 0 Å². The summed E-state index contributed by atoms with van der Waals surface area (Å²) in [5.74, 6) is 0. The van der Waals surface area contributed by atoms with E-state index in [1.165, 1.54) is 6.07 Å². The molecule has 0 aliphatic carbocycles. The summed E-state index contributed by atoms with van der Waals surface area (Å²) in [6, 6.07) is 13.2. The second-order valence-electron chi connectivity index (χ2n) is 4.68. The van der Waals surface area contributed by atoms with Crippen LogP contribution in [0.15, 0.2) is 57.6 Å². The van der Waals surface area contributed by atoms with E-state index in [1.54, 1.807) is 6.07 Å². The number of hydrogen-bond acceptors (Lipinski definition) is 2. The molecule has 2 aromatic carbocycles. The molecule has 1 heterocycles. The summed E-state index contributed by atoms with van der Waals surface area (Å²) in [5, 5.41) is 12.3. The maximum atomic E-state index is 11.2. The largest absolute Gasteiger partial charge is 0.343 e. The first kappa shape index (κ1) is 14.3. The van der Waals surface area contributed by atoms with Crippen LogP contribution in [0.2, 0.25) is 0 Å². The Hall–Kier alpha value is -1.66. The van der Waals surface area contributed by atoms with Crippen LogP contribution in [0.4, 0.5) is 5.69 Å². The first-order valence-electron chi connectivity index (χ1n) is 6.22. The average Bonchev–Trinajstić information content (AvgIpc) is 2.82. The molecule has 21 heavy (non-hydrogen) atoms. The van der Waals surface area contributed by atoms with Crippen molar-refractivity contribution in [3.8, 4) is 0 Å². The Bertz CT molecular complexity index is 843. The second-order valence-corrected chi connectivity index (χ2v) is 6.51. The van der Waals surface area contributed by atoms with Crippen molar-refractivity contribution < 1.29 is 4.92 Å². The molecule has 0 saturated heterocycles. The zero-order chi connectivity index (χ0) is 15.0. The first-order chi connectivity index (χ1) is 10.0. The summed E-state index contributed by atoms with van der Waals surface area (Å²) >= 11 is 6.72. The maximum Gasteiger partial charge on any atom is 0.275 e. The van der Waals surface area contributed by atoms with E-state index in [2.05, 4.69) is 31.9 Å². The van der Waals surface area contributed by atoms with Crippen LogP contribution < -0.4 is 0 Å². The van der Waals surface area contributed by atoms with Gasteiger partial charge in [-0.1, -0.05) is 31.9 Å². The highest BCUT2D eigenvalue weighted by atomic mass is 79.9. The molecule has 0 aliphatic rings. The number of rotatable bonds is 3. The van der Waals surface area contributed by atoms with E-state index in [-0.39, 0.29) is 10.6 Å². The van der Waals surface area contributed by atoms with E-state index in [4.69, 9.17) is 0 Å². The molecule has 106 valence electrons. The van der Waals surface area contributed by atoms with Gasteiger partial charge < -0.3 is 4.57 Å². The molecule has 0 aliphatic heterocycles. The predicted octanol–water partition coefficient (Wildman–Crippen LogP) is 5.12. The van der Waals surface area contributed by atoms with Gasteiger partial charge in [0.1, 0.15) is 0 Å². The average molecular weight is 410 g/mol. The SMILES string of the molecule is O=[N+]([O-])c1cc(Br)ccc1Cn1ccc2cc(Br)ccc21. The van der Waals surface area contributed by atoms with Crippen molar-refractivity contribution in [1.82, 2.24) is 4.57 Å². The van der Waals surface area contributed by atoms with Crippen LogP contribution in [0.1, 0.15) is 5.56 Å². The lowest BCUT2D eigenvalue weighted by molar-refractivity contribution is -0.385. The van der Waals surface area contributed by atoms with Crippen LogP contribution in [0.25, 0.3) is 10.9 Å². The quantitative estimate of drug-likeness (QED) is 0.445. The number of nitrogens with zero attached hydrogens (tertiary/aromatic N) is 2. The molecule has 0 unspecified atom stereocenters. The minimum absolute atomic E-state index is 0.128. The van der Waals surface area contributed by atoms with Gasteiger partial charge in [0, 0.05) is 37.7 Å². The van der Waals surface area contributed by atoms with Crippen LogP contribution in [0.3, 0.4) is 0 Å². The Morgan fingerprint density at radius 3 is 2.52 bits per heavy atom. The van der Waals surface area contributed by atoms with E-state index in [0.717, 1.165) is 15.4 Å². The molecule has 0 saturated carbocycles. The van der Waals surface area contributed by atoms with Crippen molar-refractivity contribution in [3.05, 3.63) is 73.3 Å². The molecular weight excluding hydrogens is 400 g/mol. The lowest BCUT2D eigenvalue weighted by Crippen LogP contribution is -2.02. The van der Waals surface area contributed by atoms with Gasteiger partial charge in [-0.25, -0.2) is 0 Å². The first-order valence-corrected chi connectivity index (χ1v) is 7.80. The van der Waals surface area contributed by atoms with Crippen molar-refractivity contribution in [2.24, 2.45) is 0 Å². The molecule has 4 nitrogen and oxygen atoms in total. The number of nitro benzene ring substituents is 1. The van der Waals surface area contributed by atoms with Gasteiger partial charge in [-0.2, -0.15) is 0 Å². The number of hydrogen-bond donors (Lipinski definition) is 0. The van der Waals surface area contributed by atoms with Gasteiger partial charge in [-0.15, -0.1) is 0 Å². The fourth-order valence-corrected chi connectivity index (χ4v) is 3.06. The molecule has 0 spiro atoms. The van der Waals surface area contributed by atoms with Gasteiger partial charge in [0.25, 0.3) is 5.69 Å². The fourth-order valence-electron chi connectivity index (χ4n) is 2.33. The Kier molecular flexibility index (Phi) is 3.82. The van der Waals surface area contributed by atoms with Crippen LogP contribution in [-0.4, -0.2) is 9.49 Å². The van der Waals surface area contributed by atoms with Crippen LogP contribution >= 0.6 is 31.9 Å². The molecule has 1 aromatic heterocycles. The van der Waals surface area contributed by atoms with Crippen molar-refractivity contribution in [3.63, 3.8) is 0 Å². The summed E-state index contributed by atoms with van der Waals surface area (Å²) in [5.41, 5.74) is 1.86. The fraction of sp³-hybridized carbons (Fsp3) is 0.0667. The van der Waals surface area contributed by atoms with Gasteiger partial charge in [0.15, 0.2) is 0 Å². The highest BCUT2D eigenvalue weighted by Gasteiger charge is 2.15. The number of benzene rings is 2. The van der Waals surface area contributed by atoms with Crippen molar-refractivity contribution in [1.29, 1.82) is 0 Å². The summed E-state index contributed by atoms with van der Waals surface area (Å²) in [6.07, 6.45) is 1.95. The molecule has 0 amide bonds. The topological polar surface area (TPSA) is 48.1 Å². The molecule has 0 radical (unpaired) electrons. The van der Waals surface area contributed by atoms with Gasteiger partial charge in [0.05, 0.1) is 11.5 Å². The third-order valence-electron chi connectivity index (χ3n) is 3.32. The number of aromatic nitrogens is 1. The molecule has 0 N–H and O–H groups in total. The van der Waals surface area contributed by atoms with Crippen LogP contribution in [0, 0.1) is 10.1 Å². The monoisotopic (exact) mass is 408 g/mol. The third-order valence-corrected chi connectivity index (χ3v) is 4.30. The summed E-state index contributed by atoms with van der Waals surface area (Å²) in [6.45, 7) is 0.467. The molecule has 3 rings (SSSR count). The molecule has 0 bridgehead atoms. The molecular formula is C15H10Br2N2O2. The second kappa shape index (κ2) is 5.61. The van der Waals surface area contributed by atoms with E-state index in [1.807, 2.05) is 41.1 Å². The predicted molar refractivity (Wildman–Crippen MR) is 89.5 cm³/mol. The highest BCUT2D eigenvalue weighted by molar-refractivity contribution is 9.10. The summed E-state index contributed by atoms with van der Waals surface area (Å²) in [4.78, 5) is 10.8. The Morgan fingerprint density at radius 1 is 1.05 bits per heavy atom. The maximum absolute atomic E-state index is 11.2. The molecule has 0 fully saturated rings. The lowest BCUT2D eigenvalue weighted by atomic mass is 10.2. The Morgan fingerprint density at radius 2 is 1.76 bits per heavy atom. The standard InChI is InChI=1S/C15H10Br2N2O2/c16-12-3-4-14-10(7-12)5-6-18(14)9-11-1-2-13(17)8-15(11)19(20)21/h1-8H,9H2. The number of fused-ring (bicyclic) bond motifs is 1. The Balaban J connectivity index is 2.05. The van der Waals surface area contributed by atoms with Gasteiger partial charge in [-0.3, -0.25) is 10.1 Å². The summed E-state index contributed by atoms with van der Waals surface area (Å²) in [7, 11) is 0. The van der Waals surface area contributed by atoms with Crippen LogP contribution in [0.5, 0.6) is 0 Å². The smallest absolute Gasteiger partial charge is 0.275 e.